The summed E-state index contributed by atoms with van der Waals surface area (Å²) in [5, 5.41) is 3.10. The first-order valence-corrected chi connectivity index (χ1v) is 11.5. The van der Waals surface area contributed by atoms with Crippen LogP contribution in [-0.2, 0) is 14.8 Å². The highest BCUT2D eigenvalue weighted by Gasteiger charge is 2.27. The van der Waals surface area contributed by atoms with Gasteiger partial charge in [-0.05, 0) is 49.0 Å². The average Bonchev–Trinajstić information content (AvgIpc) is 2.53. The van der Waals surface area contributed by atoms with Crippen LogP contribution < -0.4 is 10.0 Å². The molecule has 0 saturated carbocycles. The zero-order valence-electron chi connectivity index (χ0n) is 14.5. The fraction of sp³-hybridized carbons (Fsp3) is 0.562. The number of carbonyl (C=O) groups is 1. The molecule has 1 unspecified atom stereocenters. The Morgan fingerprint density at radius 2 is 1.92 bits per heavy atom. The van der Waals surface area contributed by atoms with E-state index in [1.807, 2.05) is 6.26 Å². The molecule has 25 heavy (non-hydrogen) atoms. The van der Waals surface area contributed by atoms with Gasteiger partial charge in [0, 0.05) is 11.6 Å². The van der Waals surface area contributed by atoms with Crippen LogP contribution in [0.25, 0.3) is 0 Å². The molecule has 9 heteroatoms. The summed E-state index contributed by atoms with van der Waals surface area (Å²) in [5.74, 6) is 0.761. The van der Waals surface area contributed by atoms with Crippen molar-refractivity contribution < 1.29 is 13.2 Å². The number of hydrogen-bond acceptors (Lipinski definition) is 4. The number of hydrogen-bond donors (Lipinski definition) is 2. The van der Waals surface area contributed by atoms with Gasteiger partial charge in [-0.1, -0.05) is 37.0 Å². The third-order valence-electron chi connectivity index (χ3n) is 3.43. The van der Waals surface area contributed by atoms with Crippen LogP contribution in [0, 0.1) is 5.92 Å². The van der Waals surface area contributed by atoms with Gasteiger partial charge in [-0.2, -0.15) is 16.5 Å². The normalized spacial score (nSPS) is 13.0. The number of carbonyl (C=O) groups excluding carboxylic acids is 1. The minimum Gasteiger partial charge on any atom is -0.355 e. The SMILES string of the molecule is CSCCC(NS(=O)(=O)c1cc(Cl)ccc1Cl)C(=O)NCCC(C)C. The van der Waals surface area contributed by atoms with Gasteiger partial charge in [0.25, 0.3) is 0 Å². The maximum Gasteiger partial charge on any atom is 0.242 e. The van der Waals surface area contributed by atoms with Gasteiger partial charge in [0.05, 0.1) is 5.02 Å². The molecule has 0 aliphatic rings. The van der Waals surface area contributed by atoms with Crippen molar-refractivity contribution in [2.75, 3.05) is 18.6 Å². The number of sulfonamides is 1. The first kappa shape index (κ1) is 22.6. The Kier molecular flexibility index (Phi) is 9.59. The summed E-state index contributed by atoms with van der Waals surface area (Å²) in [7, 11) is -3.97. The number of amides is 1. The monoisotopic (exact) mass is 426 g/mol. The molecule has 0 aromatic heterocycles. The minimum atomic E-state index is -3.97. The van der Waals surface area contributed by atoms with E-state index in [0.717, 1.165) is 6.42 Å². The van der Waals surface area contributed by atoms with Crippen molar-refractivity contribution in [3.05, 3.63) is 28.2 Å². The highest BCUT2D eigenvalue weighted by molar-refractivity contribution is 7.98. The molecule has 0 bridgehead atoms. The average molecular weight is 427 g/mol. The molecule has 0 spiro atoms. The van der Waals surface area contributed by atoms with E-state index in [9.17, 15) is 13.2 Å². The third kappa shape index (κ3) is 7.74. The minimum absolute atomic E-state index is 0.0562. The topological polar surface area (TPSA) is 75.3 Å². The number of thioether (sulfide) groups is 1. The van der Waals surface area contributed by atoms with Crippen LogP contribution >= 0.6 is 35.0 Å². The number of benzene rings is 1. The maximum absolute atomic E-state index is 12.6. The van der Waals surface area contributed by atoms with Crippen LogP contribution in [0.4, 0.5) is 0 Å². The predicted molar refractivity (Wildman–Crippen MR) is 106 cm³/mol. The Bertz CT molecular complexity index is 682. The quantitative estimate of drug-likeness (QED) is 0.599. The van der Waals surface area contributed by atoms with Gasteiger partial charge in [-0.3, -0.25) is 4.79 Å². The first-order chi connectivity index (χ1) is 11.7. The molecule has 1 atom stereocenters. The van der Waals surface area contributed by atoms with Crippen LogP contribution in [0.3, 0.4) is 0 Å². The molecule has 1 amide bonds. The predicted octanol–water partition coefficient (Wildman–Crippen LogP) is 3.56. The second-order valence-electron chi connectivity index (χ2n) is 6.00. The van der Waals surface area contributed by atoms with E-state index in [1.165, 1.54) is 18.2 Å². The Labute approximate surface area is 164 Å². The summed E-state index contributed by atoms with van der Waals surface area (Å²) in [6.45, 7) is 4.62. The Hall–Kier alpha value is -0.470. The largest absolute Gasteiger partial charge is 0.355 e. The van der Waals surface area contributed by atoms with E-state index in [-0.39, 0.29) is 20.8 Å². The first-order valence-electron chi connectivity index (χ1n) is 7.91. The molecule has 0 aliphatic carbocycles. The molecule has 5 nitrogen and oxygen atoms in total. The van der Waals surface area contributed by atoms with Gasteiger partial charge >= 0.3 is 0 Å². The molecular weight excluding hydrogens is 403 g/mol. The zero-order valence-corrected chi connectivity index (χ0v) is 17.7. The van der Waals surface area contributed by atoms with Crippen molar-refractivity contribution in [1.82, 2.24) is 10.0 Å². The summed E-state index contributed by atoms with van der Waals surface area (Å²) in [6, 6.07) is 3.33. The van der Waals surface area contributed by atoms with E-state index in [0.29, 0.717) is 24.6 Å². The fourth-order valence-corrected chi connectivity index (χ4v) is 4.48. The zero-order chi connectivity index (χ0) is 19.0. The van der Waals surface area contributed by atoms with Gasteiger partial charge in [-0.15, -0.1) is 0 Å². The lowest BCUT2D eigenvalue weighted by Crippen LogP contribution is -2.47. The van der Waals surface area contributed by atoms with Gasteiger partial charge in [0.1, 0.15) is 10.9 Å². The van der Waals surface area contributed by atoms with E-state index >= 15 is 0 Å². The summed E-state index contributed by atoms with van der Waals surface area (Å²) in [6.07, 6.45) is 3.11. The van der Waals surface area contributed by atoms with Crippen LogP contribution in [0.2, 0.25) is 10.0 Å². The molecule has 1 aromatic carbocycles. The van der Waals surface area contributed by atoms with Gasteiger partial charge < -0.3 is 5.32 Å². The lowest BCUT2D eigenvalue weighted by molar-refractivity contribution is -0.122. The maximum atomic E-state index is 12.6. The second-order valence-corrected chi connectivity index (χ2v) is 9.52. The Morgan fingerprint density at radius 1 is 1.24 bits per heavy atom. The van der Waals surface area contributed by atoms with Gasteiger partial charge in [-0.25, -0.2) is 8.42 Å². The molecular formula is C16H24Cl2N2O3S2. The highest BCUT2D eigenvalue weighted by Crippen LogP contribution is 2.25. The van der Waals surface area contributed by atoms with Crippen LogP contribution in [-0.4, -0.2) is 38.9 Å². The molecule has 1 aromatic rings. The molecule has 0 fully saturated rings. The van der Waals surface area contributed by atoms with E-state index in [1.54, 1.807) is 11.8 Å². The molecule has 0 heterocycles. The summed E-state index contributed by atoms with van der Waals surface area (Å²) < 4.78 is 27.7. The van der Waals surface area contributed by atoms with Crippen LogP contribution in [0.1, 0.15) is 26.7 Å². The Balaban J connectivity index is 2.92. The molecule has 0 saturated heterocycles. The number of rotatable bonds is 10. The smallest absolute Gasteiger partial charge is 0.242 e. The molecule has 0 aliphatic heterocycles. The second kappa shape index (κ2) is 10.6. The van der Waals surface area contributed by atoms with Crippen LogP contribution in [0.5, 0.6) is 0 Å². The summed E-state index contributed by atoms with van der Waals surface area (Å²) >= 11 is 13.4. The highest BCUT2D eigenvalue weighted by atomic mass is 35.5. The van der Waals surface area contributed by atoms with Gasteiger partial charge in [0.2, 0.25) is 15.9 Å². The van der Waals surface area contributed by atoms with E-state index in [4.69, 9.17) is 23.2 Å². The van der Waals surface area contributed by atoms with Gasteiger partial charge in [0.15, 0.2) is 0 Å². The van der Waals surface area contributed by atoms with Crippen molar-refractivity contribution in [1.29, 1.82) is 0 Å². The Morgan fingerprint density at radius 3 is 2.52 bits per heavy atom. The molecule has 142 valence electrons. The summed E-state index contributed by atoms with van der Waals surface area (Å²) in [4.78, 5) is 12.3. The molecule has 0 radical (unpaired) electrons. The van der Waals surface area contributed by atoms with E-state index in [2.05, 4.69) is 23.9 Å². The third-order valence-corrected chi connectivity index (χ3v) is 6.26. The summed E-state index contributed by atoms with van der Waals surface area (Å²) in [5.41, 5.74) is 0. The molecule has 2 N–H and O–H groups in total. The van der Waals surface area contributed by atoms with Crippen molar-refractivity contribution in [3.63, 3.8) is 0 Å². The van der Waals surface area contributed by atoms with E-state index < -0.39 is 16.1 Å². The number of halogens is 2. The van der Waals surface area contributed by atoms with Crippen molar-refractivity contribution >= 4 is 50.9 Å². The van der Waals surface area contributed by atoms with Crippen LogP contribution in [0.15, 0.2) is 23.1 Å². The van der Waals surface area contributed by atoms with Crippen molar-refractivity contribution in [2.24, 2.45) is 5.92 Å². The fourth-order valence-electron chi connectivity index (χ4n) is 2.02. The lowest BCUT2D eigenvalue weighted by Gasteiger charge is -2.19. The van der Waals surface area contributed by atoms with Crippen molar-refractivity contribution in [2.45, 2.75) is 37.6 Å². The molecule has 1 rings (SSSR count). The lowest BCUT2D eigenvalue weighted by atomic mass is 10.1. The van der Waals surface area contributed by atoms with Crippen molar-refractivity contribution in [3.8, 4) is 0 Å². The number of nitrogens with one attached hydrogen (secondary N) is 2. The standard InChI is InChI=1S/C16H24Cl2N2O3S2/c1-11(2)6-8-19-16(21)14(7-9-24-3)20-25(22,23)15-10-12(17)4-5-13(15)18/h4-5,10-11,14,20H,6-9H2,1-3H3,(H,19,21).